The molecule has 0 aromatic heterocycles. The Hall–Kier alpha value is -0.450. The minimum Gasteiger partial charge on any atom is -0.342 e. The van der Waals surface area contributed by atoms with E-state index >= 15 is 0 Å². The number of halogens is 4. The van der Waals surface area contributed by atoms with Gasteiger partial charge in [0.25, 0.3) is 0 Å². The van der Waals surface area contributed by atoms with Gasteiger partial charge in [0.2, 0.25) is 5.91 Å². The number of likely N-dealkylation sites (tertiary alicyclic amines) is 1. The summed E-state index contributed by atoms with van der Waals surface area (Å²) in [5.41, 5.74) is 0. The van der Waals surface area contributed by atoms with E-state index < -0.39 is 18.0 Å². The van der Waals surface area contributed by atoms with Crippen molar-refractivity contribution in [2.24, 2.45) is 17.8 Å². The van der Waals surface area contributed by atoms with Crippen molar-refractivity contribution in [2.45, 2.75) is 51.1 Å². The van der Waals surface area contributed by atoms with E-state index in [4.69, 9.17) is 11.6 Å². The van der Waals surface area contributed by atoms with Crippen LogP contribution in [0.3, 0.4) is 0 Å². The van der Waals surface area contributed by atoms with Gasteiger partial charge < -0.3 is 4.90 Å². The molecule has 21 heavy (non-hydrogen) atoms. The van der Waals surface area contributed by atoms with Crippen molar-refractivity contribution in [2.75, 3.05) is 19.0 Å². The maximum absolute atomic E-state index is 13.1. The molecule has 0 aromatic carbocycles. The number of alkyl halides is 4. The number of carbonyl (C=O) groups excluding carboxylic acids is 1. The van der Waals surface area contributed by atoms with Gasteiger partial charge in [0.15, 0.2) is 0 Å². The third-order valence-corrected chi connectivity index (χ3v) is 5.07. The van der Waals surface area contributed by atoms with Crippen LogP contribution in [-0.4, -0.2) is 36.0 Å². The molecule has 0 aromatic rings. The molecule has 2 nitrogen and oxygen atoms in total. The Labute approximate surface area is 129 Å². The molecule has 6 heteroatoms. The summed E-state index contributed by atoms with van der Waals surface area (Å²) in [6.45, 7) is 1.17. The molecule has 1 saturated heterocycles. The van der Waals surface area contributed by atoms with Crippen molar-refractivity contribution in [3.05, 3.63) is 0 Å². The number of carbonyl (C=O) groups is 1. The maximum Gasteiger partial charge on any atom is 0.392 e. The standard InChI is InChI=1S/C15H23ClF3NO/c16-8-7-11-4-3-9-20(10-11)14(21)12-5-1-2-6-13(12)15(17,18)19/h11-13H,1-10H2. The van der Waals surface area contributed by atoms with Crippen LogP contribution in [-0.2, 0) is 4.79 Å². The molecular formula is C15H23ClF3NO. The molecule has 2 fully saturated rings. The third kappa shape index (κ3) is 4.27. The second kappa shape index (κ2) is 7.21. The Balaban J connectivity index is 2.03. The summed E-state index contributed by atoms with van der Waals surface area (Å²) >= 11 is 5.74. The number of rotatable bonds is 3. The SMILES string of the molecule is O=C(C1CCCCC1C(F)(F)F)N1CCCC(CCCl)C1. The Morgan fingerprint density at radius 2 is 1.86 bits per heavy atom. The lowest BCUT2D eigenvalue weighted by molar-refractivity contribution is -0.201. The van der Waals surface area contributed by atoms with Crippen LogP contribution < -0.4 is 0 Å². The van der Waals surface area contributed by atoms with E-state index in [0.717, 1.165) is 25.7 Å². The molecule has 0 spiro atoms. The average Bonchev–Trinajstić information content (AvgIpc) is 2.46. The zero-order valence-corrected chi connectivity index (χ0v) is 12.9. The largest absolute Gasteiger partial charge is 0.392 e. The predicted molar refractivity (Wildman–Crippen MR) is 76.1 cm³/mol. The quantitative estimate of drug-likeness (QED) is 0.711. The van der Waals surface area contributed by atoms with Gasteiger partial charge in [-0.1, -0.05) is 12.8 Å². The average molecular weight is 326 g/mol. The summed E-state index contributed by atoms with van der Waals surface area (Å²) in [4.78, 5) is 14.2. The summed E-state index contributed by atoms with van der Waals surface area (Å²) < 4.78 is 39.4. The van der Waals surface area contributed by atoms with Gasteiger partial charge in [-0.25, -0.2) is 0 Å². The highest BCUT2D eigenvalue weighted by atomic mass is 35.5. The summed E-state index contributed by atoms with van der Waals surface area (Å²) in [6.07, 6.45) is 0.231. The topological polar surface area (TPSA) is 20.3 Å². The Morgan fingerprint density at radius 3 is 2.52 bits per heavy atom. The minimum atomic E-state index is -4.26. The Kier molecular flexibility index (Phi) is 5.81. The molecule has 1 heterocycles. The Morgan fingerprint density at radius 1 is 1.14 bits per heavy atom. The van der Waals surface area contributed by atoms with Gasteiger partial charge in [-0.2, -0.15) is 13.2 Å². The molecule has 1 saturated carbocycles. The van der Waals surface area contributed by atoms with E-state index in [0.29, 0.717) is 37.7 Å². The lowest BCUT2D eigenvalue weighted by Crippen LogP contribution is -2.48. The van der Waals surface area contributed by atoms with E-state index in [9.17, 15) is 18.0 Å². The van der Waals surface area contributed by atoms with Crippen molar-refractivity contribution < 1.29 is 18.0 Å². The fraction of sp³-hybridized carbons (Fsp3) is 0.933. The van der Waals surface area contributed by atoms with Crippen LogP contribution in [0.15, 0.2) is 0 Å². The molecule has 0 radical (unpaired) electrons. The molecule has 3 unspecified atom stereocenters. The summed E-state index contributed by atoms with van der Waals surface area (Å²) in [5, 5.41) is 0. The minimum absolute atomic E-state index is 0.0961. The van der Waals surface area contributed by atoms with Gasteiger partial charge in [-0.15, -0.1) is 11.6 Å². The molecule has 1 amide bonds. The number of nitrogens with zero attached hydrogens (tertiary/aromatic N) is 1. The van der Waals surface area contributed by atoms with Gasteiger partial charge in [0, 0.05) is 24.9 Å². The van der Waals surface area contributed by atoms with Gasteiger partial charge in [-0.05, 0) is 38.0 Å². The molecule has 0 N–H and O–H groups in total. The van der Waals surface area contributed by atoms with E-state index in [-0.39, 0.29) is 12.3 Å². The summed E-state index contributed by atoms with van der Waals surface area (Å²) in [7, 11) is 0. The highest BCUT2D eigenvalue weighted by Gasteiger charge is 2.49. The second-order valence-electron chi connectivity index (χ2n) is 6.31. The monoisotopic (exact) mass is 325 g/mol. The number of hydrogen-bond donors (Lipinski definition) is 0. The molecular weight excluding hydrogens is 303 g/mol. The lowest BCUT2D eigenvalue weighted by atomic mass is 9.77. The number of piperidine rings is 1. The van der Waals surface area contributed by atoms with E-state index in [1.165, 1.54) is 0 Å². The first kappa shape index (κ1) is 16.9. The van der Waals surface area contributed by atoms with E-state index in [2.05, 4.69) is 0 Å². The van der Waals surface area contributed by atoms with Crippen molar-refractivity contribution in [1.29, 1.82) is 0 Å². The van der Waals surface area contributed by atoms with E-state index in [1.54, 1.807) is 4.90 Å². The van der Waals surface area contributed by atoms with Crippen LogP contribution in [0.5, 0.6) is 0 Å². The molecule has 2 rings (SSSR count). The van der Waals surface area contributed by atoms with Crippen molar-refractivity contribution in [3.63, 3.8) is 0 Å². The molecule has 3 atom stereocenters. The smallest absolute Gasteiger partial charge is 0.342 e. The van der Waals surface area contributed by atoms with Crippen LogP contribution in [0.25, 0.3) is 0 Å². The number of hydrogen-bond acceptors (Lipinski definition) is 1. The highest BCUT2D eigenvalue weighted by molar-refractivity contribution is 6.17. The first-order valence-electron chi connectivity index (χ1n) is 7.85. The second-order valence-corrected chi connectivity index (χ2v) is 6.69. The van der Waals surface area contributed by atoms with Crippen molar-refractivity contribution >= 4 is 17.5 Å². The normalized spacial score (nSPS) is 31.2. The highest BCUT2D eigenvalue weighted by Crippen LogP contribution is 2.42. The molecule has 1 aliphatic heterocycles. The summed E-state index contributed by atoms with van der Waals surface area (Å²) in [5.74, 6) is -1.72. The van der Waals surface area contributed by atoms with Gasteiger partial charge in [0.1, 0.15) is 0 Å². The zero-order chi connectivity index (χ0) is 15.5. The van der Waals surface area contributed by atoms with Crippen LogP contribution in [0, 0.1) is 17.8 Å². The number of amides is 1. The summed E-state index contributed by atoms with van der Waals surface area (Å²) in [6, 6.07) is 0. The van der Waals surface area contributed by atoms with Crippen LogP contribution in [0.4, 0.5) is 13.2 Å². The van der Waals surface area contributed by atoms with Crippen LogP contribution >= 0.6 is 11.6 Å². The van der Waals surface area contributed by atoms with Crippen LogP contribution in [0.1, 0.15) is 44.9 Å². The first-order chi connectivity index (χ1) is 9.93. The Bertz CT molecular complexity index is 359. The lowest BCUT2D eigenvalue weighted by Gasteiger charge is -2.39. The van der Waals surface area contributed by atoms with Crippen LogP contribution in [0.2, 0.25) is 0 Å². The van der Waals surface area contributed by atoms with Crippen molar-refractivity contribution in [3.8, 4) is 0 Å². The van der Waals surface area contributed by atoms with Gasteiger partial charge in [-0.3, -0.25) is 4.79 Å². The van der Waals surface area contributed by atoms with E-state index in [1.807, 2.05) is 0 Å². The van der Waals surface area contributed by atoms with Gasteiger partial charge >= 0.3 is 6.18 Å². The zero-order valence-electron chi connectivity index (χ0n) is 12.2. The fourth-order valence-corrected chi connectivity index (χ4v) is 4.02. The third-order valence-electron chi connectivity index (χ3n) is 4.85. The molecule has 0 bridgehead atoms. The molecule has 1 aliphatic carbocycles. The predicted octanol–water partition coefficient (Wildman–Crippen LogP) is 4.22. The maximum atomic E-state index is 13.1. The molecule has 122 valence electrons. The molecule has 2 aliphatic rings. The first-order valence-corrected chi connectivity index (χ1v) is 8.38. The van der Waals surface area contributed by atoms with Crippen molar-refractivity contribution in [1.82, 2.24) is 4.90 Å². The fourth-order valence-electron chi connectivity index (χ4n) is 3.71. The van der Waals surface area contributed by atoms with Gasteiger partial charge in [0.05, 0.1) is 5.92 Å².